The minimum atomic E-state index is -0.481. The second-order valence-corrected chi connectivity index (χ2v) is 7.73. The van der Waals surface area contributed by atoms with Crippen LogP contribution in [0.15, 0.2) is 76.1 Å². The summed E-state index contributed by atoms with van der Waals surface area (Å²) in [7, 11) is 1.40. The Bertz CT molecular complexity index is 967. The molecule has 7 heteroatoms. The van der Waals surface area contributed by atoms with Crippen LogP contribution in [0.25, 0.3) is 0 Å². The summed E-state index contributed by atoms with van der Waals surface area (Å²) in [5.41, 5.74) is 2.24. The Morgan fingerprint density at radius 3 is 2.57 bits per heavy atom. The number of nitrogens with one attached hydrogen (secondary N) is 2. The van der Waals surface area contributed by atoms with Gasteiger partial charge in [-0.2, -0.15) is 0 Å². The van der Waals surface area contributed by atoms with E-state index in [0.717, 1.165) is 15.1 Å². The molecule has 0 atom stereocenters. The molecule has 4 nitrogen and oxygen atoms in total. The molecule has 3 aromatic rings. The van der Waals surface area contributed by atoms with Crippen LogP contribution in [0.3, 0.4) is 0 Å². The van der Waals surface area contributed by atoms with Crippen LogP contribution in [0, 0.1) is 5.82 Å². The Kier molecular flexibility index (Phi) is 6.95. The van der Waals surface area contributed by atoms with Crippen LogP contribution in [0.4, 0.5) is 15.8 Å². The Labute approximate surface area is 175 Å². The molecule has 0 aliphatic carbocycles. The molecule has 0 heterocycles. The van der Waals surface area contributed by atoms with E-state index in [2.05, 4.69) is 26.0 Å². The van der Waals surface area contributed by atoms with Crippen molar-refractivity contribution in [1.29, 1.82) is 0 Å². The number of carbonyl (C=O) groups is 1. The summed E-state index contributed by atoms with van der Waals surface area (Å²) < 4.78 is 22.9. The number of hydrogen-bond acceptors (Lipinski definition) is 4. The van der Waals surface area contributed by atoms with Gasteiger partial charge in [-0.1, -0.05) is 28.1 Å². The molecule has 0 radical (unpaired) electrons. The van der Waals surface area contributed by atoms with E-state index in [-0.39, 0.29) is 18.1 Å². The van der Waals surface area contributed by atoms with Gasteiger partial charge in [-0.15, -0.1) is 0 Å². The quantitative estimate of drug-likeness (QED) is 0.431. The topological polar surface area (TPSA) is 50.4 Å². The van der Waals surface area contributed by atoms with Crippen molar-refractivity contribution in [2.75, 3.05) is 17.1 Å². The van der Waals surface area contributed by atoms with Crippen LogP contribution >= 0.6 is 27.9 Å². The SMILES string of the molecule is COc1ccc(CC(=O)Nc2cccc(SNc3ccc(Br)cc3)c2)cc1F. The van der Waals surface area contributed by atoms with Gasteiger partial charge in [0.05, 0.1) is 13.5 Å². The third-order valence-electron chi connectivity index (χ3n) is 3.83. The summed E-state index contributed by atoms with van der Waals surface area (Å²) in [6.45, 7) is 0. The summed E-state index contributed by atoms with van der Waals surface area (Å²) in [6, 6.07) is 19.9. The molecular formula is C21H18BrFN2O2S. The van der Waals surface area contributed by atoms with Crippen LogP contribution in [0.1, 0.15) is 5.56 Å². The maximum atomic E-state index is 13.8. The fraction of sp³-hybridized carbons (Fsp3) is 0.0952. The molecule has 144 valence electrons. The molecule has 0 aromatic heterocycles. The second-order valence-electron chi connectivity index (χ2n) is 5.93. The average Bonchev–Trinajstić information content (AvgIpc) is 2.68. The molecule has 0 spiro atoms. The molecule has 1 amide bonds. The van der Waals surface area contributed by atoms with E-state index in [1.165, 1.54) is 31.2 Å². The molecule has 0 aliphatic heterocycles. The summed E-state index contributed by atoms with van der Waals surface area (Å²) in [5.74, 6) is -0.537. The van der Waals surface area contributed by atoms with Crippen molar-refractivity contribution in [3.8, 4) is 5.75 Å². The lowest BCUT2D eigenvalue weighted by molar-refractivity contribution is -0.115. The van der Waals surface area contributed by atoms with E-state index < -0.39 is 5.82 Å². The predicted molar refractivity (Wildman–Crippen MR) is 115 cm³/mol. The van der Waals surface area contributed by atoms with Crippen molar-refractivity contribution in [3.05, 3.63) is 82.6 Å². The third-order valence-corrected chi connectivity index (χ3v) is 5.19. The van der Waals surface area contributed by atoms with Crippen molar-refractivity contribution in [2.24, 2.45) is 0 Å². The number of halogens is 2. The van der Waals surface area contributed by atoms with Crippen LogP contribution in [0.5, 0.6) is 5.75 Å². The minimum Gasteiger partial charge on any atom is -0.494 e. The van der Waals surface area contributed by atoms with Gasteiger partial charge >= 0.3 is 0 Å². The van der Waals surface area contributed by atoms with Gasteiger partial charge in [-0.3, -0.25) is 4.79 Å². The molecule has 0 bridgehead atoms. The van der Waals surface area contributed by atoms with Crippen molar-refractivity contribution >= 4 is 45.2 Å². The second kappa shape index (κ2) is 9.61. The Hall–Kier alpha value is -2.51. The molecule has 28 heavy (non-hydrogen) atoms. The number of rotatable bonds is 7. The zero-order valence-corrected chi connectivity index (χ0v) is 17.4. The predicted octanol–water partition coefficient (Wildman–Crippen LogP) is 5.90. The van der Waals surface area contributed by atoms with E-state index in [4.69, 9.17) is 4.74 Å². The van der Waals surface area contributed by atoms with Gasteiger partial charge in [-0.05, 0) is 72.1 Å². The number of ether oxygens (including phenoxy) is 1. The first kappa shape index (κ1) is 20.2. The van der Waals surface area contributed by atoms with Crippen LogP contribution in [-0.2, 0) is 11.2 Å². The molecule has 0 fully saturated rings. The van der Waals surface area contributed by atoms with Crippen molar-refractivity contribution in [3.63, 3.8) is 0 Å². The van der Waals surface area contributed by atoms with Gasteiger partial charge in [0.1, 0.15) is 0 Å². The molecular weight excluding hydrogens is 443 g/mol. The van der Waals surface area contributed by atoms with Gasteiger partial charge in [0.15, 0.2) is 11.6 Å². The van der Waals surface area contributed by atoms with Gasteiger partial charge < -0.3 is 14.8 Å². The number of hydrogen-bond donors (Lipinski definition) is 2. The van der Waals surface area contributed by atoms with E-state index in [9.17, 15) is 9.18 Å². The van der Waals surface area contributed by atoms with Gasteiger partial charge in [-0.25, -0.2) is 4.39 Å². The van der Waals surface area contributed by atoms with E-state index in [1.54, 1.807) is 6.07 Å². The Morgan fingerprint density at radius 1 is 1.07 bits per heavy atom. The van der Waals surface area contributed by atoms with Gasteiger partial charge in [0.2, 0.25) is 5.91 Å². The highest BCUT2D eigenvalue weighted by atomic mass is 79.9. The van der Waals surface area contributed by atoms with Gasteiger partial charge in [0, 0.05) is 20.7 Å². The maximum Gasteiger partial charge on any atom is 0.228 e. The largest absolute Gasteiger partial charge is 0.494 e. The number of anilines is 2. The smallest absolute Gasteiger partial charge is 0.228 e. The summed E-state index contributed by atoms with van der Waals surface area (Å²) >= 11 is 4.86. The number of carbonyl (C=O) groups excluding carboxylic acids is 1. The highest BCUT2D eigenvalue weighted by molar-refractivity contribution is 9.10. The fourth-order valence-electron chi connectivity index (χ4n) is 2.48. The number of amides is 1. The monoisotopic (exact) mass is 460 g/mol. The van der Waals surface area contributed by atoms with E-state index >= 15 is 0 Å². The molecule has 0 unspecified atom stereocenters. The fourth-order valence-corrected chi connectivity index (χ4v) is 3.45. The average molecular weight is 461 g/mol. The van der Waals surface area contributed by atoms with Crippen LogP contribution in [0.2, 0.25) is 0 Å². The summed E-state index contributed by atoms with van der Waals surface area (Å²) in [6.07, 6.45) is 0.0788. The van der Waals surface area contributed by atoms with E-state index in [1.807, 2.05) is 48.5 Å². The Balaban J connectivity index is 1.58. The third kappa shape index (κ3) is 5.74. The molecule has 0 saturated carbocycles. The highest BCUT2D eigenvalue weighted by Gasteiger charge is 2.08. The zero-order chi connectivity index (χ0) is 19.9. The lowest BCUT2D eigenvalue weighted by Crippen LogP contribution is -2.14. The highest BCUT2D eigenvalue weighted by Crippen LogP contribution is 2.25. The first-order valence-electron chi connectivity index (χ1n) is 8.44. The molecule has 3 rings (SSSR count). The molecule has 0 aliphatic rings. The van der Waals surface area contributed by atoms with Crippen molar-refractivity contribution < 1.29 is 13.9 Å². The first-order valence-corrected chi connectivity index (χ1v) is 10.1. The minimum absolute atomic E-state index is 0.0788. The normalized spacial score (nSPS) is 10.4. The van der Waals surface area contributed by atoms with Crippen molar-refractivity contribution in [2.45, 2.75) is 11.3 Å². The van der Waals surface area contributed by atoms with Crippen LogP contribution in [-0.4, -0.2) is 13.0 Å². The van der Waals surface area contributed by atoms with Crippen LogP contribution < -0.4 is 14.8 Å². The molecule has 0 saturated heterocycles. The number of methoxy groups -OCH3 is 1. The maximum absolute atomic E-state index is 13.8. The lowest BCUT2D eigenvalue weighted by atomic mass is 10.1. The number of benzene rings is 3. The lowest BCUT2D eigenvalue weighted by Gasteiger charge is -2.09. The molecule has 2 N–H and O–H groups in total. The molecule has 3 aromatic carbocycles. The zero-order valence-electron chi connectivity index (χ0n) is 15.0. The first-order chi connectivity index (χ1) is 13.5. The van der Waals surface area contributed by atoms with E-state index in [0.29, 0.717) is 11.3 Å². The van der Waals surface area contributed by atoms with Crippen molar-refractivity contribution in [1.82, 2.24) is 0 Å². The van der Waals surface area contributed by atoms with Gasteiger partial charge in [0.25, 0.3) is 0 Å². The standard InChI is InChI=1S/C21H18BrFN2O2S/c1-27-20-10-5-14(11-19(20)23)12-21(26)24-17-3-2-4-18(13-17)28-25-16-8-6-15(22)7-9-16/h2-11,13,25H,12H2,1H3,(H,24,26). The summed E-state index contributed by atoms with van der Waals surface area (Å²) in [5, 5.41) is 2.84. The summed E-state index contributed by atoms with van der Waals surface area (Å²) in [4.78, 5) is 13.2. The Morgan fingerprint density at radius 2 is 1.86 bits per heavy atom.